The Morgan fingerprint density at radius 2 is 1.87 bits per heavy atom. The largest absolute Gasteiger partial charge is 0.473 e. The third-order valence-electron chi connectivity index (χ3n) is 14.7. The molecule has 340 valence electrons. The summed E-state index contributed by atoms with van der Waals surface area (Å²) in [5.41, 5.74) is -2.69. The van der Waals surface area contributed by atoms with Crippen molar-refractivity contribution in [1.29, 1.82) is 0 Å². The Morgan fingerprint density at radius 1 is 1.18 bits per heavy atom. The van der Waals surface area contributed by atoms with Gasteiger partial charge < -0.3 is 40.1 Å². The summed E-state index contributed by atoms with van der Waals surface area (Å²) in [5.74, 6) is -3.46. The van der Waals surface area contributed by atoms with Crippen molar-refractivity contribution in [3.8, 4) is 0 Å². The number of nitrogens with one attached hydrogen (secondary N) is 2. The van der Waals surface area contributed by atoms with Crippen LogP contribution in [0.4, 0.5) is 9.18 Å². The van der Waals surface area contributed by atoms with Gasteiger partial charge in [0.1, 0.15) is 37.1 Å². The van der Waals surface area contributed by atoms with E-state index in [1.165, 1.54) is 18.2 Å². The lowest BCUT2D eigenvalue weighted by atomic mass is 9.44. The molecule has 3 saturated carbocycles. The molecule has 1 saturated heterocycles. The molecule has 0 spiro atoms. The lowest BCUT2D eigenvalue weighted by Crippen LogP contribution is -2.69. The Bertz CT molecular complexity index is 2140. The van der Waals surface area contributed by atoms with Crippen molar-refractivity contribution in [2.45, 2.75) is 127 Å². The summed E-state index contributed by atoms with van der Waals surface area (Å²) in [6.07, 6.45) is -2.42. The van der Waals surface area contributed by atoms with Crippen LogP contribution >= 0.6 is 7.82 Å². The molecule has 18 nitrogen and oxygen atoms in total. The number of halogens is 1. The van der Waals surface area contributed by atoms with Crippen LogP contribution in [0.15, 0.2) is 45.7 Å². The van der Waals surface area contributed by atoms with Crippen LogP contribution in [0.5, 0.6) is 0 Å². The molecule has 1 aromatic heterocycles. The van der Waals surface area contributed by atoms with Gasteiger partial charge in [-0.25, -0.2) is 18.5 Å². The van der Waals surface area contributed by atoms with E-state index < -0.39 is 128 Å². The van der Waals surface area contributed by atoms with Gasteiger partial charge in [-0.15, -0.1) is 0 Å². The number of aliphatic hydroxyl groups excluding tert-OH is 1. The van der Waals surface area contributed by atoms with E-state index in [2.05, 4.69) is 10.3 Å². The van der Waals surface area contributed by atoms with E-state index >= 15 is 4.39 Å². The number of amides is 1. The predicted octanol–water partition coefficient (Wildman–Crippen LogP) is 2.93. The number of phosphoric acid groups is 1. The first-order valence-electron chi connectivity index (χ1n) is 20.6. The maximum Gasteiger partial charge on any atom is 0.473 e. The molecule has 2 heterocycles. The number of hydrogen-bond donors (Lipinski definition) is 6. The van der Waals surface area contributed by atoms with E-state index in [4.69, 9.17) is 28.7 Å². The van der Waals surface area contributed by atoms with Crippen molar-refractivity contribution >= 4 is 33.8 Å². The summed E-state index contributed by atoms with van der Waals surface area (Å²) < 4.78 is 62.0. The molecule has 1 amide bonds. The molecule has 0 aromatic carbocycles. The minimum Gasteiger partial charge on any atom is -0.447 e. The highest BCUT2D eigenvalue weighted by Gasteiger charge is 2.75. The number of aliphatic hydroxyl groups is 2. The third-order valence-corrected chi connectivity index (χ3v) is 20.1. The van der Waals surface area contributed by atoms with Gasteiger partial charge >= 0.3 is 19.6 Å². The Kier molecular flexibility index (Phi) is 12.7. The second-order valence-corrected chi connectivity index (χ2v) is 25.3. The smallest absolute Gasteiger partial charge is 0.447 e. The maximum atomic E-state index is 17.7. The van der Waals surface area contributed by atoms with Crippen molar-refractivity contribution < 1.29 is 61.4 Å². The first kappa shape index (κ1) is 47.3. The molecule has 4 fully saturated rings. The highest BCUT2D eigenvalue weighted by Crippen LogP contribution is 2.71. The van der Waals surface area contributed by atoms with Gasteiger partial charge in [-0.3, -0.25) is 33.0 Å². The first-order valence-corrected chi connectivity index (χ1v) is 25.1. The summed E-state index contributed by atoms with van der Waals surface area (Å²) in [4.78, 5) is 77.6. The van der Waals surface area contributed by atoms with Gasteiger partial charge in [-0.05, 0) is 74.7 Å². The fourth-order valence-electron chi connectivity index (χ4n) is 10.4. The quantitative estimate of drug-likeness (QED) is 0.123. The third kappa shape index (κ3) is 8.03. The number of hydrogen-bond acceptors (Lipinski definition) is 14. The van der Waals surface area contributed by atoms with Crippen molar-refractivity contribution in [2.75, 3.05) is 26.3 Å². The molecule has 0 bridgehead atoms. The molecule has 61 heavy (non-hydrogen) atoms. The number of ketones is 2. The zero-order chi connectivity index (χ0) is 45.3. The number of nitrogens with two attached hydrogens (primary N) is 1. The molecule has 4 aliphatic carbocycles. The standard InChI is InChI=1S/C40H60FN4O14PSi/c1-22-17-26-25-10-9-23-18-24(46)11-13-37(23,5)39(25,41)28(47)19-38(26,6)40(22,52)29(48)21-56-60(53,54)58-31-27(20-55-35(51)43-15-14-42)57-33(45-16-12-30(49)44-34(45)50)32(31)59-61(7,8)36(2,3)4/h11-13,16,18,22,25-28,31-33,47,52H,9-10,14-15,17,19-21,42H2,1-8H3,(H,43,51)(H,53,54)(H,44,49,50)/t22-,25+,26+,27-,28+,31?,32?,33-,37+,38+,39+,40+/m1/s1. The predicted molar refractivity (Wildman–Crippen MR) is 219 cm³/mol. The van der Waals surface area contributed by atoms with Gasteiger partial charge in [0, 0.05) is 42.1 Å². The van der Waals surface area contributed by atoms with Gasteiger partial charge in [-0.2, -0.15) is 0 Å². The molecule has 1 aliphatic heterocycles. The zero-order valence-corrected chi connectivity index (χ0v) is 37.7. The fraction of sp³-hybridized carbons (Fsp3) is 0.725. The number of ether oxygens (including phenoxy) is 2. The minimum atomic E-state index is -5.35. The minimum absolute atomic E-state index is 0.0701. The molecule has 21 heteroatoms. The number of aromatic nitrogens is 2. The SMILES string of the molecule is C[C@@H]1C[C@H]2[C@@H]3CCC4=CC(=O)C=C[C@]4(C)[C@@]3(F)[C@@H](O)C[C@]2(C)[C@@]1(O)C(=O)COP(=O)(O)OC1C(O[Si](C)(C)C(C)(C)C)[C@H](n2ccc(=O)[nH]c2=O)O[C@@H]1COC(=O)NCCN. The number of alkyl carbamates (subject to hydrolysis) is 1. The lowest BCUT2D eigenvalue weighted by molar-refractivity contribution is -0.219. The lowest BCUT2D eigenvalue weighted by Gasteiger charge is -2.62. The first-order chi connectivity index (χ1) is 28.2. The molecule has 3 unspecified atom stereocenters. The van der Waals surface area contributed by atoms with Gasteiger partial charge in [0.05, 0.1) is 6.10 Å². The van der Waals surface area contributed by atoms with Crippen LogP contribution in [0.2, 0.25) is 18.1 Å². The molecule has 13 atom stereocenters. The number of aromatic amines is 1. The van der Waals surface area contributed by atoms with Crippen LogP contribution in [-0.4, -0.2) is 113 Å². The van der Waals surface area contributed by atoms with E-state index in [9.17, 15) is 43.6 Å². The van der Waals surface area contributed by atoms with Crippen LogP contribution in [0.3, 0.4) is 0 Å². The molecular weight excluding hydrogens is 839 g/mol. The van der Waals surface area contributed by atoms with Crippen molar-refractivity contribution in [3.05, 3.63) is 56.9 Å². The molecular formula is C40H60FN4O14PSi. The van der Waals surface area contributed by atoms with Gasteiger partial charge in [0.15, 0.2) is 31.8 Å². The summed E-state index contributed by atoms with van der Waals surface area (Å²) in [6.45, 7) is 12.9. The Morgan fingerprint density at radius 3 is 2.51 bits per heavy atom. The summed E-state index contributed by atoms with van der Waals surface area (Å²) in [7, 11) is -8.22. The Labute approximate surface area is 354 Å². The monoisotopic (exact) mass is 898 g/mol. The Hall–Kier alpha value is -3.17. The van der Waals surface area contributed by atoms with Crippen molar-refractivity contribution in [1.82, 2.24) is 14.9 Å². The van der Waals surface area contributed by atoms with E-state index in [-0.39, 0.29) is 38.1 Å². The second-order valence-electron chi connectivity index (χ2n) is 19.1. The number of fused-ring (bicyclic) bond motifs is 5. The Balaban J connectivity index is 1.27. The van der Waals surface area contributed by atoms with E-state index in [0.717, 1.165) is 16.8 Å². The highest BCUT2D eigenvalue weighted by atomic mass is 31.2. The second kappa shape index (κ2) is 16.4. The average molecular weight is 899 g/mol. The number of H-pyrrole nitrogens is 1. The normalized spacial score (nSPS) is 38.2. The molecule has 1 aromatic rings. The maximum absolute atomic E-state index is 17.7. The van der Waals surface area contributed by atoms with Gasteiger partial charge in [-0.1, -0.05) is 46.3 Å². The fourth-order valence-corrected chi connectivity index (χ4v) is 12.6. The molecule has 6 rings (SSSR count). The van der Waals surface area contributed by atoms with Crippen LogP contribution < -0.4 is 22.3 Å². The van der Waals surface area contributed by atoms with E-state index in [1.54, 1.807) is 20.8 Å². The molecule has 0 radical (unpaired) electrons. The number of Topliss-reactive ketones (excluding diaryl/α,β-unsaturated/α-hetero) is 1. The van der Waals surface area contributed by atoms with Gasteiger partial charge in [0.2, 0.25) is 0 Å². The van der Waals surface area contributed by atoms with E-state index in [0.29, 0.717) is 12.0 Å². The number of carbonyl (C=O) groups is 3. The summed E-state index contributed by atoms with van der Waals surface area (Å²) in [5, 5.41) is 26.1. The number of alkyl halides is 1. The number of allylic oxidation sites excluding steroid dienone is 4. The topological polar surface area (TPSA) is 268 Å². The zero-order valence-electron chi connectivity index (χ0n) is 35.8. The van der Waals surface area contributed by atoms with Crippen molar-refractivity contribution in [3.63, 3.8) is 0 Å². The van der Waals surface area contributed by atoms with Crippen LogP contribution in [0.1, 0.15) is 73.5 Å². The number of nitrogens with zero attached hydrogens (tertiary/aromatic N) is 1. The van der Waals surface area contributed by atoms with Crippen LogP contribution in [0.25, 0.3) is 0 Å². The number of carbonyl (C=O) groups excluding carboxylic acids is 3. The number of rotatable bonds is 13. The summed E-state index contributed by atoms with van der Waals surface area (Å²) in [6, 6.07) is 1.07. The van der Waals surface area contributed by atoms with E-state index in [1.807, 2.05) is 33.9 Å². The average Bonchev–Trinajstić information content (AvgIpc) is 3.58. The molecule has 7 N–H and O–H groups in total. The van der Waals surface area contributed by atoms with Crippen LogP contribution in [0, 0.1) is 28.6 Å². The summed E-state index contributed by atoms with van der Waals surface area (Å²) >= 11 is 0. The van der Waals surface area contributed by atoms with Gasteiger partial charge in [0.25, 0.3) is 5.56 Å². The van der Waals surface area contributed by atoms with Crippen molar-refractivity contribution in [2.24, 2.45) is 34.3 Å². The van der Waals surface area contributed by atoms with Crippen LogP contribution in [-0.2, 0) is 37.1 Å². The number of phosphoric ester groups is 1. The highest BCUT2D eigenvalue weighted by molar-refractivity contribution is 7.47. The molecule has 5 aliphatic rings.